The number of carboxylic acid groups (broad SMARTS) is 2. The zero-order valence-electron chi connectivity index (χ0n) is 19.3. The highest BCUT2D eigenvalue weighted by atomic mass is 16.4. The zero-order chi connectivity index (χ0) is 24.0. The standard InChI is InChI=1S/C25H37NO6/c1-3-4-5-6-7-10-22(28)21-14-12-20(13-15-21)16-18-25(24(31)32,26-19(2)27)17-9-8-11-23(29)30/h12-15H,3-11,16-18H2,1-2H3,(H,26,27)(H,29,30)(H,31,32). The van der Waals surface area contributed by atoms with Gasteiger partial charge in [-0.15, -0.1) is 0 Å². The van der Waals surface area contributed by atoms with Crippen LogP contribution in [0.5, 0.6) is 0 Å². The Balaban J connectivity index is 2.71. The topological polar surface area (TPSA) is 121 Å². The summed E-state index contributed by atoms with van der Waals surface area (Å²) in [4.78, 5) is 46.8. The van der Waals surface area contributed by atoms with Crippen molar-refractivity contribution in [3.8, 4) is 0 Å². The van der Waals surface area contributed by atoms with Gasteiger partial charge < -0.3 is 15.5 Å². The Bertz CT molecular complexity index is 758. The van der Waals surface area contributed by atoms with Crippen LogP contribution in [0, 0.1) is 0 Å². The second-order valence-electron chi connectivity index (χ2n) is 8.45. The van der Waals surface area contributed by atoms with Crippen molar-refractivity contribution in [1.29, 1.82) is 0 Å². The molecule has 1 amide bonds. The van der Waals surface area contributed by atoms with Gasteiger partial charge in [0.1, 0.15) is 5.54 Å². The third-order valence-electron chi connectivity index (χ3n) is 5.69. The molecule has 1 unspecified atom stereocenters. The molecule has 1 rings (SSSR count). The van der Waals surface area contributed by atoms with E-state index in [1.165, 1.54) is 19.8 Å². The molecule has 3 N–H and O–H groups in total. The minimum atomic E-state index is -1.45. The number of ketones is 1. The van der Waals surface area contributed by atoms with E-state index in [2.05, 4.69) is 12.2 Å². The Morgan fingerprint density at radius 3 is 2.03 bits per heavy atom. The molecule has 0 bridgehead atoms. The quantitative estimate of drug-likeness (QED) is 0.234. The molecule has 1 aromatic rings. The molecule has 0 saturated carbocycles. The molecule has 0 saturated heterocycles. The van der Waals surface area contributed by atoms with Crippen molar-refractivity contribution in [2.45, 2.75) is 96.4 Å². The number of carboxylic acids is 2. The van der Waals surface area contributed by atoms with Crippen molar-refractivity contribution in [3.05, 3.63) is 35.4 Å². The largest absolute Gasteiger partial charge is 0.481 e. The summed E-state index contributed by atoms with van der Waals surface area (Å²) in [5, 5.41) is 21.2. The monoisotopic (exact) mass is 447 g/mol. The van der Waals surface area contributed by atoms with Gasteiger partial charge in [0, 0.05) is 25.3 Å². The predicted octanol–water partition coefficient (Wildman–Crippen LogP) is 4.77. The Labute approximate surface area is 190 Å². The normalized spacial score (nSPS) is 12.7. The summed E-state index contributed by atoms with van der Waals surface area (Å²) in [5.41, 5.74) is 0.0902. The summed E-state index contributed by atoms with van der Waals surface area (Å²) in [7, 11) is 0. The summed E-state index contributed by atoms with van der Waals surface area (Å²) in [6.07, 6.45) is 7.43. The van der Waals surface area contributed by atoms with Crippen LogP contribution in [0.2, 0.25) is 0 Å². The number of carbonyl (C=O) groups is 4. The van der Waals surface area contributed by atoms with Crippen LogP contribution in [-0.4, -0.2) is 39.4 Å². The lowest BCUT2D eigenvalue weighted by molar-refractivity contribution is -0.148. The van der Waals surface area contributed by atoms with Crippen LogP contribution in [0.1, 0.15) is 100 Å². The molecule has 0 radical (unpaired) electrons. The minimum absolute atomic E-state index is 0.0378. The highest BCUT2D eigenvalue weighted by Gasteiger charge is 2.38. The van der Waals surface area contributed by atoms with E-state index in [1.807, 2.05) is 12.1 Å². The lowest BCUT2D eigenvalue weighted by Gasteiger charge is -2.30. The molecule has 178 valence electrons. The first-order valence-electron chi connectivity index (χ1n) is 11.6. The molecular formula is C25H37NO6. The van der Waals surface area contributed by atoms with Crippen LogP contribution in [0.25, 0.3) is 0 Å². The zero-order valence-corrected chi connectivity index (χ0v) is 19.3. The fourth-order valence-electron chi connectivity index (χ4n) is 3.81. The second kappa shape index (κ2) is 14.4. The number of nitrogens with one attached hydrogen (secondary N) is 1. The number of hydrogen-bond donors (Lipinski definition) is 3. The van der Waals surface area contributed by atoms with Crippen LogP contribution >= 0.6 is 0 Å². The van der Waals surface area contributed by atoms with Gasteiger partial charge in [-0.05, 0) is 44.1 Å². The maximum atomic E-state index is 12.3. The molecule has 0 aliphatic heterocycles. The molecule has 0 aromatic heterocycles. The summed E-state index contributed by atoms with van der Waals surface area (Å²) < 4.78 is 0. The molecular weight excluding hydrogens is 410 g/mol. The molecule has 7 nitrogen and oxygen atoms in total. The summed E-state index contributed by atoms with van der Waals surface area (Å²) in [6, 6.07) is 7.21. The molecule has 0 fully saturated rings. The number of hydrogen-bond acceptors (Lipinski definition) is 4. The van der Waals surface area contributed by atoms with Crippen molar-refractivity contribution in [2.75, 3.05) is 0 Å². The van der Waals surface area contributed by atoms with Crippen molar-refractivity contribution < 1.29 is 29.4 Å². The highest BCUT2D eigenvalue weighted by Crippen LogP contribution is 2.23. The first-order chi connectivity index (χ1) is 15.2. The number of rotatable bonds is 17. The molecule has 0 spiro atoms. The van der Waals surface area contributed by atoms with Gasteiger partial charge in [-0.25, -0.2) is 4.79 Å². The average Bonchev–Trinajstić information content (AvgIpc) is 2.74. The first kappa shape index (κ1) is 27.3. The number of unbranched alkanes of at least 4 members (excludes halogenated alkanes) is 5. The Kier molecular flexibility index (Phi) is 12.3. The van der Waals surface area contributed by atoms with Crippen LogP contribution in [0.4, 0.5) is 0 Å². The summed E-state index contributed by atoms with van der Waals surface area (Å²) in [6.45, 7) is 3.43. The second-order valence-corrected chi connectivity index (χ2v) is 8.45. The van der Waals surface area contributed by atoms with Gasteiger partial charge in [-0.1, -0.05) is 56.9 Å². The van der Waals surface area contributed by atoms with Crippen LogP contribution < -0.4 is 5.32 Å². The molecule has 1 aromatic carbocycles. The summed E-state index contributed by atoms with van der Waals surface area (Å²) in [5.74, 6) is -2.38. The third-order valence-corrected chi connectivity index (χ3v) is 5.69. The number of aryl methyl sites for hydroxylation is 1. The predicted molar refractivity (Wildman–Crippen MR) is 123 cm³/mol. The Morgan fingerprint density at radius 2 is 1.47 bits per heavy atom. The van der Waals surface area contributed by atoms with E-state index >= 15 is 0 Å². The van der Waals surface area contributed by atoms with Gasteiger partial charge in [0.25, 0.3) is 0 Å². The smallest absolute Gasteiger partial charge is 0.329 e. The molecule has 0 aliphatic carbocycles. The third kappa shape index (κ3) is 10.1. The van der Waals surface area contributed by atoms with E-state index in [9.17, 15) is 24.3 Å². The summed E-state index contributed by atoms with van der Waals surface area (Å²) >= 11 is 0. The van der Waals surface area contributed by atoms with Crippen molar-refractivity contribution >= 4 is 23.6 Å². The molecule has 0 aliphatic rings. The SMILES string of the molecule is CCCCCCCC(=O)c1ccc(CCC(CCCCC(=O)O)(NC(C)=O)C(=O)O)cc1. The van der Waals surface area contributed by atoms with Gasteiger partial charge in [-0.2, -0.15) is 0 Å². The number of Topliss-reactive ketones (excluding diaryl/α,β-unsaturated/α-hetero) is 1. The van der Waals surface area contributed by atoms with Crippen LogP contribution in [-0.2, 0) is 20.8 Å². The van der Waals surface area contributed by atoms with E-state index in [4.69, 9.17) is 5.11 Å². The van der Waals surface area contributed by atoms with Crippen molar-refractivity contribution in [3.63, 3.8) is 0 Å². The molecule has 7 heteroatoms. The fourth-order valence-corrected chi connectivity index (χ4v) is 3.81. The average molecular weight is 448 g/mol. The number of aliphatic carboxylic acids is 2. The van der Waals surface area contributed by atoms with Gasteiger partial charge >= 0.3 is 11.9 Å². The highest BCUT2D eigenvalue weighted by molar-refractivity contribution is 5.96. The van der Waals surface area contributed by atoms with Crippen molar-refractivity contribution in [2.24, 2.45) is 0 Å². The van der Waals surface area contributed by atoms with E-state index < -0.39 is 23.4 Å². The van der Waals surface area contributed by atoms with Crippen molar-refractivity contribution in [1.82, 2.24) is 5.32 Å². The fraction of sp³-hybridized carbons (Fsp3) is 0.600. The number of carbonyl (C=O) groups excluding carboxylic acids is 2. The van der Waals surface area contributed by atoms with E-state index in [1.54, 1.807) is 12.1 Å². The Morgan fingerprint density at radius 1 is 0.844 bits per heavy atom. The van der Waals surface area contributed by atoms with E-state index in [0.717, 1.165) is 24.8 Å². The maximum Gasteiger partial charge on any atom is 0.329 e. The van der Waals surface area contributed by atoms with E-state index in [0.29, 0.717) is 31.2 Å². The van der Waals surface area contributed by atoms with E-state index in [-0.39, 0.29) is 25.0 Å². The van der Waals surface area contributed by atoms with Crippen LogP contribution in [0.15, 0.2) is 24.3 Å². The Hall–Kier alpha value is -2.70. The minimum Gasteiger partial charge on any atom is -0.481 e. The van der Waals surface area contributed by atoms with Crippen LogP contribution in [0.3, 0.4) is 0 Å². The van der Waals surface area contributed by atoms with Gasteiger partial charge in [0.15, 0.2) is 5.78 Å². The molecule has 32 heavy (non-hydrogen) atoms. The van der Waals surface area contributed by atoms with Gasteiger partial charge in [0.05, 0.1) is 0 Å². The number of benzene rings is 1. The maximum absolute atomic E-state index is 12.3. The van der Waals surface area contributed by atoms with Gasteiger partial charge in [-0.3, -0.25) is 14.4 Å². The number of amides is 1. The molecule has 0 heterocycles. The lowest BCUT2D eigenvalue weighted by Crippen LogP contribution is -2.54. The lowest BCUT2D eigenvalue weighted by atomic mass is 9.85. The van der Waals surface area contributed by atoms with Gasteiger partial charge in [0.2, 0.25) is 5.91 Å². The first-order valence-corrected chi connectivity index (χ1v) is 11.6. The molecule has 1 atom stereocenters.